The minimum atomic E-state index is -0.499. The smallest absolute Gasteiger partial charge is 0.168 e. The van der Waals surface area contributed by atoms with Gasteiger partial charge in [0.2, 0.25) is 0 Å². The molecular formula is C32H56NO4+. The molecule has 1 aromatic heterocycles. The molecule has 5 nitrogen and oxygen atoms in total. The molecule has 2 rings (SSSR count). The van der Waals surface area contributed by atoms with Gasteiger partial charge < -0.3 is 14.2 Å². The number of pyridine rings is 1. The van der Waals surface area contributed by atoms with Crippen LogP contribution in [-0.2, 0) is 25.5 Å². The predicted octanol–water partition coefficient (Wildman–Crippen LogP) is 7.73. The van der Waals surface area contributed by atoms with Crippen LogP contribution in [0.15, 0.2) is 30.6 Å². The van der Waals surface area contributed by atoms with Gasteiger partial charge >= 0.3 is 0 Å². The van der Waals surface area contributed by atoms with Crippen LogP contribution in [0.1, 0.15) is 129 Å². The third-order valence-corrected chi connectivity index (χ3v) is 7.44. The fourth-order valence-corrected chi connectivity index (χ4v) is 5.14. The fraction of sp³-hybridized carbons (Fsp3) is 0.812. The lowest BCUT2D eigenvalue weighted by Crippen LogP contribution is -2.32. The summed E-state index contributed by atoms with van der Waals surface area (Å²) in [6, 6.07) is 6.00. The zero-order chi connectivity index (χ0) is 26.4. The van der Waals surface area contributed by atoms with Crippen LogP contribution in [0.2, 0.25) is 0 Å². The van der Waals surface area contributed by atoms with Gasteiger partial charge in [-0.15, -0.1) is 0 Å². The Balaban J connectivity index is 1.36. The van der Waals surface area contributed by atoms with E-state index in [0.717, 1.165) is 25.8 Å². The van der Waals surface area contributed by atoms with Gasteiger partial charge in [0, 0.05) is 31.4 Å². The molecule has 1 aliphatic heterocycles. The first-order valence-electron chi connectivity index (χ1n) is 15.5. The molecule has 1 saturated heterocycles. The number of ether oxygens (including phenoxy) is 3. The van der Waals surface area contributed by atoms with Crippen LogP contribution in [0.3, 0.4) is 0 Å². The van der Waals surface area contributed by atoms with Crippen LogP contribution in [0.4, 0.5) is 0 Å². The Morgan fingerprint density at radius 1 is 0.838 bits per heavy atom. The van der Waals surface area contributed by atoms with Gasteiger partial charge in [0.15, 0.2) is 24.0 Å². The van der Waals surface area contributed by atoms with Crippen LogP contribution in [0.5, 0.6) is 0 Å². The maximum absolute atomic E-state index is 12.1. The molecule has 0 saturated carbocycles. The molecular weight excluding hydrogens is 462 g/mol. The molecule has 212 valence electrons. The number of aryl methyl sites for hydroxylation is 1. The monoisotopic (exact) mass is 518 g/mol. The molecule has 2 atom stereocenters. The first-order chi connectivity index (χ1) is 18.1. The zero-order valence-electron chi connectivity index (χ0n) is 24.1. The molecule has 0 spiro atoms. The number of hydrogen-bond donors (Lipinski definition) is 0. The molecule has 2 heterocycles. The highest BCUT2D eigenvalue weighted by Gasteiger charge is 2.36. The number of Topliss-reactive ketones (excluding diaryl/α,β-unsaturated/α-hetero) is 1. The van der Waals surface area contributed by atoms with Gasteiger partial charge in [-0.05, 0) is 13.3 Å². The molecule has 0 N–H and O–H groups in total. The highest BCUT2D eigenvalue weighted by molar-refractivity contribution is 5.79. The van der Waals surface area contributed by atoms with E-state index in [-0.39, 0.29) is 18.5 Å². The second-order valence-corrected chi connectivity index (χ2v) is 11.2. The quantitative estimate of drug-likeness (QED) is 0.104. The van der Waals surface area contributed by atoms with Crippen molar-refractivity contribution < 1.29 is 23.6 Å². The number of aromatic nitrogens is 1. The standard InChI is InChI=1S/C32H56NO4/c1-3-4-5-6-7-8-9-10-11-12-13-14-15-16-18-23-32(2)36-29-31(37-32)28-35-27-30(34)22-21-26-33-24-19-17-20-25-33/h17,19-20,24-25,31H,3-16,18,21-23,26-29H2,1-2H3/q+1. The molecule has 0 aromatic carbocycles. The molecule has 0 radical (unpaired) electrons. The number of unbranched alkanes of at least 4 members (excludes halogenated alkanes) is 14. The van der Waals surface area contributed by atoms with E-state index >= 15 is 0 Å². The molecule has 1 aliphatic rings. The second-order valence-electron chi connectivity index (χ2n) is 11.2. The number of carbonyl (C=O) groups is 1. The van der Waals surface area contributed by atoms with Crippen molar-refractivity contribution in [2.45, 2.75) is 148 Å². The molecule has 37 heavy (non-hydrogen) atoms. The molecule has 5 heteroatoms. The van der Waals surface area contributed by atoms with E-state index in [2.05, 4.69) is 11.5 Å². The van der Waals surface area contributed by atoms with Crippen LogP contribution >= 0.6 is 0 Å². The van der Waals surface area contributed by atoms with Crippen molar-refractivity contribution in [2.24, 2.45) is 0 Å². The zero-order valence-corrected chi connectivity index (χ0v) is 24.1. The predicted molar refractivity (Wildman–Crippen MR) is 150 cm³/mol. The van der Waals surface area contributed by atoms with Gasteiger partial charge in [0.1, 0.15) is 19.3 Å². The molecule has 1 aromatic rings. The summed E-state index contributed by atoms with van der Waals surface area (Å²) >= 11 is 0. The third-order valence-electron chi connectivity index (χ3n) is 7.44. The van der Waals surface area contributed by atoms with Crippen molar-refractivity contribution in [1.82, 2.24) is 0 Å². The normalized spacial score (nSPS) is 19.5. The van der Waals surface area contributed by atoms with Crippen molar-refractivity contribution >= 4 is 5.78 Å². The van der Waals surface area contributed by atoms with Gasteiger partial charge in [0.25, 0.3) is 0 Å². The lowest BCUT2D eigenvalue weighted by Gasteiger charge is -2.23. The van der Waals surface area contributed by atoms with E-state index < -0.39 is 5.79 Å². The molecule has 1 fully saturated rings. The lowest BCUT2D eigenvalue weighted by atomic mass is 10.0. The van der Waals surface area contributed by atoms with Crippen molar-refractivity contribution in [3.8, 4) is 0 Å². The van der Waals surface area contributed by atoms with E-state index in [9.17, 15) is 4.79 Å². The summed E-state index contributed by atoms with van der Waals surface area (Å²) in [5, 5.41) is 0. The van der Waals surface area contributed by atoms with Crippen molar-refractivity contribution in [1.29, 1.82) is 0 Å². The molecule has 0 bridgehead atoms. The summed E-state index contributed by atoms with van der Waals surface area (Å²) in [4.78, 5) is 12.1. The van der Waals surface area contributed by atoms with Crippen molar-refractivity contribution in [3.05, 3.63) is 30.6 Å². The van der Waals surface area contributed by atoms with Crippen LogP contribution in [0.25, 0.3) is 0 Å². The van der Waals surface area contributed by atoms with Gasteiger partial charge in [-0.25, -0.2) is 4.57 Å². The van der Waals surface area contributed by atoms with Gasteiger partial charge in [-0.1, -0.05) is 103 Å². The molecule has 0 amide bonds. The summed E-state index contributed by atoms with van der Waals surface area (Å²) in [6.45, 7) is 6.32. The molecule has 0 aliphatic carbocycles. The van der Waals surface area contributed by atoms with E-state index in [1.165, 1.54) is 89.9 Å². The maximum Gasteiger partial charge on any atom is 0.168 e. The number of rotatable bonds is 24. The van der Waals surface area contributed by atoms with Crippen LogP contribution < -0.4 is 4.57 Å². The second kappa shape index (κ2) is 20.6. The fourth-order valence-electron chi connectivity index (χ4n) is 5.14. The number of ketones is 1. The van der Waals surface area contributed by atoms with Gasteiger partial charge in [-0.3, -0.25) is 4.79 Å². The number of hydrogen-bond acceptors (Lipinski definition) is 4. The highest BCUT2D eigenvalue weighted by atomic mass is 16.7. The average molecular weight is 519 g/mol. The first-order valence-corrected chi connectivity index (χ1v) is 15.5. The largest absolute Gasteiger partial charge is 0.371 e. The van der Waals surface area contributed by atoms with Gasteiger partial charge in [0.05, 0.1) is 13.2 Å². The van der Waals surface area contributed by atoms with E-state index in [4.69, 9.17) is 14.2 Å². The Hall–Kier alpha value is -1.30. The highest BCUT2D eigenvalue weighted by Crippen LogP contribution is 2.29. The topological polar surface area (TPSA) is 48.6 Å². The van der Waals surface area contributed by atoms with Crippen LogP contribution in [0, 0.1) is 0 Å². The number of carbonyl (C=O) groups excluding carboxylic acids is 1. The summed E-state index contributed by atoms with van der Waals surface area (Å²) in [5.41, 5.74) is 0. The minimum Gasteiger partial charge on any atom is -0.371 e. The van der Waals surface area contributed by atoms with Crippen molar-refractivity contribution in [2.75, 3.05) is 19.8 Å². The van der Waals surface area contributed by atoms with Crippen molar-refractivity contribution in [3.63, 3.8) is 0 Å². The summed E-state index contributed by atoms with van der Waals surface area (Å²) in [5.74, 6) is -0.349. The Kier molecular flexibility index (Phi) is 17.8. The Bertz CT molecular complexity index is 683. The van der Waals surface area contributed by atoms with E-state index in [0.29, 0.717) is 19.6 Å². The summed E-state index contributed by atoms with van der Waals surface area (Å²) < 4.78 is 19.8. The Morgan fingerprint density at radius 3 is 2.00 bits per heavy atom. The maximum atomic E-state index is 12.1. The van der Waals surface area contributed by atoms with E-state index in [1.807, 2.05) is 37.5 Å². The Morgan fingerprint density at radius 2 is 1.41 bits per heavy atom. The SMILES string of the molecule is CCCCCCCCCCCCCCCCCC1(C)OCC(COCC(=O)CCC[n+]2ccccc2)O1. The first kappa shape index (κ1) is 31.9. The summed E-state index contributed by atoms with van der Waals surface area (Å²) in [7, 11) is 0. The lowest BCUT2D eigenvalue weighted by molar-refractivity contribution is -0.697. The number of nitrogens with zero attached hydrogens (tertiary/aromatic N) is 1. The average Bonchev–Trinajstić information content (AvgIpc) is 3.27. The Labute approximate surface area is 227 Å². The minimum absolute atomic E-state index is 0.0750. The van der Waals surface area contributed by atoms with E-state index in [1.54, 1.807) is 0 Å². The summed E-state index contributed by atoms with van der Waals surface area (Å²) in [6.07, 6.45) is 26.9. The molecule has 2 unspecified atom stereocenters. The van der Waals surface area contributed by atoms with Crippen LogP contribution in [-0.4, -0.2) is 37.5 Å². The van der Waals surface area contributed by atoms with Gasteiger partial charge in [-0.2, -0.15) is 0 Å². The third kappa shape index (κ3) is 16.3.